The number of benzene rings is 1. The normalized spacial score (nSPS) is 10.2. The lowest BCUT2D eigenvalue weighted by molar-refractivity contribution is 1.17. The van der Waals surface area contributed by atoms with Gasteiger partial charge in [0.25, 0.3) is 0 Å². The van der Waals surface area contributed by atoms with Crippen LogP contribution in [0.3, 0.4) is 0 Å². The van der Waals surface area contributed by atoms with Gasteiger partial charge in [0.2, 0.25) is 0 Å². The molecule has 0 unspecified atom stereocenters. The van der Waals surface area contributed by atoms with Crippen LogP contribution in [0.5, 0.6) is 0 Å². The third-order valence-corrected chi connectivity index (χ3v) is 2.73. The molecular formula is C15H11N3. The second-order valence-corrected chi connectivity index (χ2v) is 3.89. The Morgan fingerprint density at radius 2 is 1.50 bits per heavy atom. The molecule has 18 heavy (non-hydrogen) atoms. The number of aromatic nitrogens is 3. The molecule has 0 aliphatic heterocycles. The standard InChI is InChI=1S/C15H11N3/c1-2-5-12(6-3-1)15-14(7-4-8-18-15)13-9-16-11-17-10-13/h1-11H. The van der Waals surface area contributed by atoms with E-state index in [1.165, 1.54) is 6.33 Å². The molecule has 0 saturated carbocycles. The first-order valence-electron chi connectivity index (χ1n) is 5.71. The van der Waals surface area contributed by atoms with E-state index in [0.29, 0.717) is 0 Å². The van der Waals surface area contributed by atoms with Gasteiger partial charge in [0.05, 0.1) is 5.69 Å². The zero-order valence-corrected chi connectivity index (χ0v) is 9.69. The summed E-state index contributed by atoms with van der Waals surface area (Å²) < 4.78 is 0. The summed E-state index contributed by atoms with van der Waals surface area (Å²) in [4.78, 5) is 12.6. The largest absolute Gasteiger partial charge is 0.256 e. The van der Waals surface area contributed by atoms with Crippen LogP contribution in [0.4, 0.5) is 0 Å². The van der Waals surface area contributed by atoms with Gasteiger partial charge in [-0.15, -0.1) is 0 Å². The van der Waals surface area contributed by atoms with Gasteiger partial charge in [-0.2, -0.15) is 0 Å². The minimum atomic E-state index is 0.952. The van der Waals surface area contributed by atoms with Gasteiger partial charge in [-0.05, 0) is 6.07 Å². The van der Waals surface area contributed by atoms with E-state index in [2.05, 4.69) is 27.1 Å². The number of hydrogen-bond donors (Lipinski definition) is 0. The molecule has 3 aromatic rings. The average molecular weight is 233 g/mol. The van der Waals surface area contributed by atoms with E-state index in [1.807, 2.05) is 30.3 Å². The Bertz CT molecular complexity index is 578. The summed E-state index contributed by atoms with van der Waals surface area (Å²) in [7, 11) is 0. The van der Waals surface area contributed by atoms with Gasteiger partial charge in [0, 0.05) is 35.3 Å². The van der Waals surface area contributed by atoms with Crippen molar-refractivity contribution in [3.05, 3.63) is 67.4 Å². The minimum Gasteiger partial charge on any atom is -0.256 e. The van der Waals surface area contributed by atoms with E-state index in [4.69, 9.17) is 0 Å². The molecule has 1 aromatic carbocycles. The second-order valence-electron chi connectivity index (χ2n) is 3.89. The fourth-order valence-electron chi connectivity index (χ4n) is 1.90. The van der Waals surface area contributed by atoms with Crippen LogP contribution in [0.25, 0.3) is 22.4 Å². The van der Waals surface area contributed by atoms with E-state index in [1.54, 1.807) is 18.6 Å². The Morgan fingerprint density at radius 1 is 0.722 bits per heavy atom. The summed E-state index contributed by atoms with van der Waals surface area (Å²) in [5, 5.41) is 0. The highest BCUT2D eigenvalue weighted by molar-refractivity contribution is 5.79. The van der Waals surface area contributed by atoms with Crippen LogP contribution in [-0.2, 0) is 0 Å². The van der Waals surface area contributed by atoms with Crippen molar-refractivity contribution in [1.29, 1.82) is 0 Å². The van der Waals surface area contributed by atoms with Crippen molar-refractivity contribution >= 4 is 0 Å². The second kappa shape index (κ2) is 4.75. The molecule has 2 aromatic heterocycles. The highest BCUT2D eigenvalue weighted by atomic mass is 14.8. The maximum absolute atomic E-state index is 4.47. The molecule has 0 radical (unpaired) electrons. The lowest BCUT2D eigenvalue weighted by atomic mass is 10.0. The van der Waals surface area contributed by atoms with Crippen molar-refractivity contribution in [3.63, 3.8) is 0 Å². The van der Waals surface area contributed by atoms with Crippen LogP contribution in [0.2, 0.25) is 0 Å². The SMILES string of the molecule is c1ccc(-c2ncccc2-c2cncnc2)cc1. The predicted molar refractivity (Wildman–Crippen MR) is 70.7 cm³/mol. The molecule has 2 heterocycles. The van der Waals surface area contributed by atoms with Crippen molar-refractivity contribution in [2.24, 2.45) is 0 Å². The number of nitrogens with zero attached hydrogens (tertiary/aromatic N) is 3. The molecule has 0 bridgehead atoms. The van der Waals surface area contributed by atoms with Crippen LogP contribution >= 0.6 is 0 Å². The zero-order chi connectivity index (χ0) is 12.2. The quantitative estimate of drug-likeness (QED) is 0.682. The lowest BCUT2D eigenvalue weighted by Crippen LogP contribution is -1.89. The first kappa shape index (κ1) is 10.6. The van der Waals surface area contributed by atoms with Crippen molar-refractivity contribution in [1.82, 2.24) is 15.0 Å². The molecule has 3 rings (SSSR count). The maximum Gasteiger partial charge on any atom is 0.115 e. The number of hydrogen-bond acceptors (Lipinski definition) is 3. The monoisotopic (exact) mass is 233 g/mol. The third kappa shape index (κ3) is 1.98. The van der Waals surface area contributed by atoms with Gasteiger partial charge in [-0.25, -0.2) is 9.97 Å². The van der Waals surface area contributed by atoms with Gasteiger partial charge >= 0.3 is 0 Å². The Labute approximate surface area is 105 Å². The van der Waals surface area contributed by atoms with Gasteiger partial charge in [-0.1, -0.05) is 36.4 Å². The van der Waals surface area contributed by atoms with Crippen LogP contribution in [-0.4, -0.2) is 15.0 Å². The first-order valence-corrected chi connectivity index (χ1v) is 5.71. The Hall–Kier alpha value is -2.55. The van der Waals surface area contributed by atoms with E-state index in [-0.39, 0.29) is 0 Å². The Morgan fingerprint density at radius 3 is 2.28 bits per heavy atom. The van der Waals surface area contributed by atoms with Gasteiger partial charge in [0.1, 0.15) is 6.33 Å². The number of pyridine rings is 1. The summed E-state index contributed by atoms with van der Waals surface area (Å²) >= 11 is 0. The molecule has 0 N–H and O–H groups in total. The maximum atomic E-state index is 4.47. The molecule has 0 aliphatic rings. The van der Waals surface area contributed by atoms with E-state index in [0.717, 1.165) is 22.4 Å². The molecule has 0 amide bonds. The van der Waals surface area contributed by atoms with E-state index in [9.17, 15) is 0 Å². The van der Waals surface area contributed by atoms with Crippen LogP contribution in [0.1, 0.15) is 0 Å². The molecule has 3 nitrogen and oxygen atoms in total. The fourth-order valence-corrected chi connectivity index (χ4v) is 1.90. The fraction of sp³-hybridized carbons (Fsp3) is 0. The molecule has 0 fully saturated rings. The molecule has 0 aliphatic carbocycles. The van der Waals surface area contributed by atoms with Gasteiger partial charge in [0.15, 0.2) is 0 Å². The van der Waals surface area contributed by atoms with Crippen LogP contribution < -0.4 is 0 Å². The molecule has 0 atom stereocenters. The van der Waals surface area contributed by atoms with Gasteiger partial charge < -0.3 is 0 Å². The van der Waals surface area contributed by atoms with Crippen LogP contribution in [0, 0.1) is 0 Å². The van der Waals surface area contributed by atoms with Crippen molar-refractivity contribution in [3.8, 4) is 22.4 Å². The van der Waals surface area contributed by atoms with Crippen LogP contribution in [0.15, 0.2) is 67.4 Å². The van der Waals surface area contributed by atoms with E-state index < -0.39 is 0 Å². The molecule has 3 heteroatoms. The lowest BCUT2D eigenvalue weighted by Gasteiger charge is -2.07. The topological polar surface area (TPSA) is 38.7 Å². The predicted octanol–water partition coefficient (Wildman–Crippen LogP) is 3.21. The third-order valence-electron chi connectivity index (χ3n) is 2.73. The highest BCUT2D eigenvalue weighted by Gasteiger charge is 2.07. The first-order chi connectivity index (χ1) is 8.95. The summed E-state index contributed by atoms with van der Waals surface area (Å²) in [6, 6.07) is 14.1. The minimum absolute atomic E-state index is 0.952. The van der Waals surface area contributed by atoms with Gasteiger partial charge in [-0.3, -0.25) is 4.98 Å². The van der Waals surface area contributed by atoms with Crippen molar-refractivity contribution < 1.29 is 0 Å². The summed E-state index contributed by atoms with van der Waals surface area (Å²) in [5.41, 5.74) is 4.07. The average Bonchev–Trinajstić information content (AvgIpc) is 2.49. The summed E-state index contributed by atoms with van der Waals surface area (Å²) in [5.74, 6) is 0. The van der Waals surface area contributed by atoms with E-state index >= 15 is 0 Å². The Kier molecular flexibility index (Phi) is 2.80. The summed E-state index contributed by atoms with van der Waals surface area (Å²) in [6.07, 6.45) is 6.94. The zero-order valence-electron chi connectivity index (χ0n) is 9.69. The molecule has 0 spiro atoms. The highest BCUT2D eigenvalue weighted by Crippen LogP contribution is 2.28. The smallest absolute Gasteiger partial charge is 0.115 e. The number of rotatable bonds is 2. The molecule has 86 valence electrons. The molecule has 0 saturated heterocycles. The van der Waals surface area contributed by atoms with Crippen molar-refractivity contribution in [2.75, 3.05) is 0 Å². The molecular weight excluding hydrogens is 222 g/mol. The van der Waals surface area contributed by atoms with Crippen molar-refractivity contribution in [2.45, 2.75) is 0 Å². The Balaban J connectivity index is 2.18. The summed E-state index contributed by atoms with van der Waals surface area (Å²) in [6.45, 7) is 0.